The molecule has 4 heteroatoms. The van der Waals surface area contributed by atoms with Crippen molar-refractivity contribution in [3.05, 3.63) is 0 Å². The van der Waals surface area contributed by atoms with E-state index in [-0.39, 0.29) is 12.2 Å². The van der Waals surface area contributed by atoms with E-state index in [9.17, 15) is 4.79 Å². The highest BCUT2D eigenvalue weighted by Crippen LogP contribution is 2.27. The molecule has 2 atom stereocenters. The number of thioether (sulfide) groups is 1. The SMILES string of the molecule is CC(C)C1NC(C)N(C2CCSCC2)C1=O. The molecule has 2 heterocycles. The van der Waals surface area contributed by atoms with Crippen LogP contribution in [0.1, 0.15) is 33.6 Å². The van der Waals surface area contributed by atoms with Gasteiger partial charge in [0.15, 0.2) is 0 Å². The molecule has 2 saturated heterocycles. The summed E-state index contributed by atoms with van der Waals surface area (Å²) in [5, 5.41) is 3.42. The lowest BCUT2D eigenvalue weighted by Crippen LogP contribution is -2.44. The van der Waals surface area contributed by atoms with Crippen LogP contribution in [0.4, 0.5) is 0 Å². The van der Waals surface area contributed by atoms with Crippen LogP contribution in [0.2, 0.25) is 0 Å². The second-order valence-electron chi connectivity index (χ2n) is 5.15. The molecule has 0 aromatic rings. The summed E-state index contributed by atoms with van der Waals surface area (Å²) in [4.78, 5) is 14.4. The number of hydrogen-bond acceptors (Lipinski definition) is 3. The van der Waals surface area contributed by atoms with E-state index in [2.05, 4.69) is 31.0 Å². The molecule has 0 bridgehead atoms. The minimum Gasteiger partial charge on any atom is -0.323 e. The molecule has 2 unspecified atom stereocenters. The molecule has 0 saturated carbocycles. The third kappa shape index (κ3) is 2.23. The standard InChI is InChI=1S/C12H22N2OS/c1-8(2)11-12(15)14(9(3)13-11)10-4-6-16-7-5-10/h8-11,13H,4-7H2,1-3H3. The van der Waals surface area contributed by atoms with E-state index in [1.807, 2.05) is 11.8 Å². The molecule has 2 fully saturated rings. The molecular weight excluding hydrogens is 220 g/mol. The van der Waals surface area contributed by atoms with E-state index >= 15 is 0 Å². The molecule has 2 aliphatic rings. The summed E-state index contributed by atoms with van der Waals surface area (Å²) in [7, 11) is 0. The third-order valence-electron chi connectivity index (χ3n) is 3.61. The Hall–Kier alpha value is -0.220. The van der Waals surface area contributed by atoms with Crippen molar-refractivity contribution in [2.45, 2.75) is 51.9 Å². The van der Waals surface area contributed by atoms with Crippen molar-refractivity contribution in [1.82, 2.24) is 10.2 Å². The fraction of sp³-hybridized carbons (Fsp3) is 0.917. The lowest BCUT2D eigenvalue weighted by Gasteiger charge is -2.33. The summed E-state index contributed by atoms with van der Waals surface area (Å²) < 4.78 is 0. The van der Waals surface area contributed by atoms with Gasteiger partial charge in [0, 0.05) is 6.04 Å². The van der Waals surface area contributed by atoms with Crippen molar-refractivity contribution in [2.24, 2.45) is 5.92 Å². The largest absolute Gasteiger partial charge is 0.323 e. The predicted octanol–water partition coefficient (Wildman–Crippen LogP) is 1.68. The Bertz CT molecular complexity index is 264. The fourth-order valence-corrected chi connectivity index (χ4v) is 3.78. The summed E-state index contributed by atoms with van der Waals surface area (Å²) in [6, 6.07) is 0.504. The maximum atomic E-state index is 12.3. The average molecular weight is 242 g/mol. The van der Waals surface area contributed by atoms with Gasteiger partial charge in [0.2, 0.25) is 5.91 Å². The maximum Gasteiger partial charge on any atom is 0.241 e. The van der Waals surface area contributed by atoms with Crippen LogP contribution in [0, 0.1) is 5.92 Å². The van der Waals surface area contributed by atoms with Crippen LogP contribution < -0.4 is 5.32 Å². The Morgan fingerprint density at radius 3 is 2.50 bits per heavy atom. The number of amides is 1. The van der Waals surface area contributed by atoms with E-state index in [0.29, 0.717) is 17.9 Å². The van der Waals surface area contributed by atoms with E-state index in [1.54, 1.807) is 0 Å². The van der Waals surface area contributed by atoms with Crippen LogP contribution in [-0.2, 0) is 4.79 Å². The first-order valence-electron chi connectivity index (χ1n) is 6.27. The highest BCUT2D eigenvalue weighted by Gasteiger charge is 2.41. The van der Waals surface area contributed by atoms with E-state index in [1.165, 1.54) is 11.5 Å². The summed E-state index contributed by atoms with van der Waals surface area (Å²) >= 11 is 2.01. The monoisotopic (exact) mass is 242 g/mol. The first kappa shape index (κ1) is 12.2. The van der Waals surface area contributed by atoms with Crippen LogP contribution in [0.3, 0.4) is 0 Å². The third-order valence-corrected chi connectivity index (χ3v) is 4.66. The first-order chi connectivity index (χ1) is 7.61. The molecule has 0 aliphatic carbocycles. The van der Waals surface area contributed by atoms with Gasteiger partial charge in [0.05, 0.1) is 12.2 Å². The fourth-order valence-electron chi connectivity index (χ4n) is 2.70. The van der Waals surface area contributed by atoms with Gasteiger partial charge in [-0.15, -0.1) is 0 Å². The summed E-state index contributed by atoms with van der Waals surface area (Å²) in [5.74, 6) is 3.11. The molecule has 2 aliphatic heterocycles. The topological polar surface area (TPSA) is 32.3 Å². The van der Waals surface area contributed by atoms with Gasteiger partial charge in [-0.25, -0.2) is 0 Å². The molecule has 92 valence electrons. The van der Waals surface area contributed by atoms with Crippen molar-refractivity contribution >= 4 is 17.7 Å². The quantitative estimate of drug-likeness (QED) is 0.799. The number of carbonyl (C=O) groups is 1. The molecule has 0 spiro atoms. The van der Waals surface area contributed by atoms with Crippen LogP contribution in [0.25, 0.3) is 0 Å². The molecule has 3 nitrogen and oxygen atoms in total. The van der Waals surface area contributed by atoms with Gasteiger partial charge in [-0.05, 0) is 37.2 Å². The lowest BCUT2D eigenvalue weighted by molar-refractivity contribution is -0.132. The molecule has 1 N–H and O–H groups in total. The van der Waals surface area contributed by atoms with Crippen molar-refractivity contribution in [3.8, 4) is 0 Å². The van der Waals surface area contributed by atoms with Crippen LogP contribution >= 0.6 is 11.8 Å². The second kappa shape index (κ2) is 4.96. The number of nitrogens with zero attached hydrogens (tertiary/aromatic N) is 1. The number of rotatable bonds is 2. The average Bonchev–Trinajstić information content (AvgIpc) is 2.56. The van der Waals surface area contributed by atoms with Crippen LogP contribution in [-0.4, -0.2) is 40.6 Å². The van der Waals surface area contributed by atoms with Crippen molar-refractivity contribution in [2.75, 3.05) is 11.5 Å². The minimum absolute atomic E-state index is 0.0320. The van der Waals surface area contributed by atoms with Crippen LogP contribution in [0.15, 0.2) is 0 Å². The van der Waals surface area contributed by atoms with Crippen LogP contribution in [0.5, 0.6) is 0 Å². The predicted molar refractivity (Wildman–Crippen MR) is 68.4 cm³/mol. The maximum absolute atomic E-state index is 12.3. The molecule has 1 amide bonds. The van der Waals surface area contributed by atoms with Gasteiger partial charge in [0.25, 0.3) is 0 Å². The molecule has 0 radical (unpaired) electrons. The van der Waals surface area contributed by atoms with Gasteiger partial charge in [-0.2, -0.15) is 11.8 Å². The molecule has 2 rings (SSSR count). The minimum atomic E-state index is 0.0320. The Morgan fingerprint density at radius 2 is 2.00 bits per heavy atom. The van der Waals surface area contributed by atoms with Gasteiger partial charge >= 0.3 is 0 Å². The van der Waals surface area contributed by atoms with Crippen molar-refractivity contribution in [3.63, 3.8) is 0 Å². The zero-order valence-corrected chi connectivity index (χ0v) is 11.2. The molecule has 16 heavy (non-hydrogen) atoms. The van der Waals surface area contributed by atoms with E-state index in [4.69, 9.17) is 0 Å². The van der Waals surface area contributed by atoms with Gasteiger partial charge in [0.1, 0.15) is 0 Å². The Labute approximate surface area is 102 Å². The molecule has 0 aromatic heterocycles. The second-order valence-corrected chi connectivity index (χ2v) is 6.38. The number of carbonyl (C=O) groups excluding carboxylic acids is 1. The lowest BCUT2D eigenvalue weighted by atomic mass is 10.0. The number of hydrogen-bond donors (Lipinski definition) is 1. The molecular formula is C12H22N2OS. The van der Waals surface area contributed by atoms with Gasteiger partial charge < -0.3 is 4.90 Å². The normalized spacial score (nSPS) is 32.8. The highest BCUT2D eigenvalue weighted by atomic mass is 32.2. The Morgan fingerprint density at radius 1 is 1.38 bits per heavy atom. The highest BCUT2D eigenvalue weighted by molar-refractivity contribution is 7.99. The van der Waals surface area contributed by atoms with Gasteiger partial charge in [-0.1, -0.05) is 13.8 Å². The van der Waals surface area contributed by atoms with E-state index < -0.39 is 0 Å². The summed E-state index contributed by atoms with van der Waals surface area (Å²) in [6.45, 7) is 6.34. The first-order valence-corrected chi connectivity index (χ1v) is 7.42. The zero-order valence-electron chi connectivity index (χ0n) is 10.4. The van der Waals surface area contributed by atoms with Crippen molar-refractivity contribution < 1.29 is 4.79 Å². The number of nitrogens with one attached hydrogen (secondary N) is 1. The smallest absolute Gasteiger partial charge is 0.241 e. The van der Waals surface area contributed by atoms with E-state index in [0.717, 1.165) is 12.8 Å². The van der Waals surface area contributed by atoms with Gasteiger partial charge in [-0.3, -0.25) is 10.1 Å². The van der Waals surface area contributed by atoms with Crippen molar-refractivity contribution in [1.29, 1.82) is 0 Å². The Balaban J connectivity index is 2.06. The Kier molecular flexibility index (Phi) is 3.80. The molecule has 0 aromatic carbocycles. The summed E-state index contributed by atoms with van der Waals surface area (Å²) in [5.41, 5.74) is 0. The summed E-state index contributed by atoms with van der Waals surface area (Å²) in [6.07, 6.45) is 2.54. The zero-order chi connectivity index (χ0) is 11.7.